The highest BCUT2D eigenvalue weighted by Crippen LogP contribution is 2.30. The van der Waals surface area contributed by atoms with Crippen molar-refractivity contribution in [1.29, 1.82) is 0 Å². The van der Waals surface area contributed by atoms with Gasteiger partial charge in [0.2, 0.25) is 0 Å². The monoisotopic (exact) mass is 345 g/mol. The first kappa shape index (κ1) is 21.7. The number of hydrogen-bond acceptors (Lipinski definition) is 1. The SMILES string of the molecule is CCCC(CCC)CNC(=O)c1cc(C(C)(C)C)cc(C(C)(C)C)c1. The van der Waals surface area contributed by atoms with Crippen molar-refractivity contribution in [2.75, 3.05) is 6.54 Å². The van der Waals surface area contributed by atoms with E-state index in [-0.39, 0.29) is 16.7 Å². The van der Waals surface area contributed by atoms with Gasteiger partial charge >= 0.3 is 0 Å². The summed E-state index contributed by atoms with van der Waals surface area (Å²) >= 11 is 0. The fourth-order valence-electron chi connectivity index (χ4n) is 3.13. The highest BCUT2D eigenvalue weighted by Gasteiger charge is 2.22. The maximum atomic E-state index is 12.8. The molecule has 0 spiro atoms. The number of carbonyl (C=O) groups excluding carboxylic acids is 1. The second kappa shape index (κ2) is 8.87. The molecule has 1 amide bonds. The third kappa shape index (κ3) is 6.84. The van der Waals surface area contributed by atoms with Crippen molar-refractivity contribution in [3.8, 4) is 0 Å². The van der Waals surface area contributed by atoms with Crippen LogP contribution in [0.5, 0.6) is 0 Å². The summed E-state index contributed by atoms with van der Waals surface area (Å²) in [7, 11) is 0. The average Bonchev–Trinajstić information content (AvgIpc) is 2.50. The Morgan fingerprint density at radius 2 is 1.32 bits per heavy atom. The van der Waals surface area contributed by atoms with Crippen LogP contribution < -0.4 is 5.32 Å². The summed E-state index contributed by atoms with van der Waals surface area (Å²) in [6.45, 7) is 18.4. The van der Waals surface area contributed by atoms with E-state index < -0.39 is 0 Å². The van der Waals surface area contributed by atoms with Crippen molar-refractivity contribution in [1.82, 2.24) is 5.32 Å². The van der Waals surface area contributed by atoms with Crippen molar-refractivity contribution in [3.63, 3.8) is 0 Å². The van der Waals surface area contributed by atoms with Crippen LogP contribution in [0, 0.1) is 5.92 Å². The summed E-state index contributed by atoms with van der Waals surface area (Å²) in [5.41, 5.74) is 3.31. The Labute approximate surface area is 155 Å². The lowest BCUT2D eigenvalue weighted by atomic mass is 9.79. The topological polar surface area (TPSA) is 29.1 Å². The number of carbonyl (C=O) groups is 1. The van der Waals surface area contributed by atoms with Crippen LogP contribution in [0.4, 0.5) is 0 Å². The summed E-state index contributed by atoms with van der Waals surface area (Å²) in [6, 6.07) is 6.40. The molecule has 25 heavy (non-hydrogen) atoms. The zero-order chi connectivity index (χ0) is 19.3. The van der Waals surface area contributed by atoms with E-state index in [2.05, 4.69) is 78.9 Å². The first-order valence-electron chi connectivity index (χ1n) is 9.93. The minimum Gasteiger partial charge on any atom is -0.352 e. The quantitative estimate of drug-likeness (QED) is 0.623. The fraction of sp³-hybridized carbons (Fsp3) is 0.696. The van der Waals surface area contributed by atoms with Crippen molar-refractivity contribution < 1.29 is 4.79 Å². The van der Waals surface area contributed by atoms with Gasteiger partial charge in [-0.25, -0.2) is 0 Å². The maximum Gasteiger partial charge on any atom is 0.251 e. The number of amides is 1. The lowest BCUT2D eigenvalue weighted by molar-refractivity contribution is 0.0945. The standard InChI is InChI=1S/C23H39NO/c1-9-11-17(12-10-2)16-24-21(25)18-13-19(22(3,4)5)15-20(14-18)23(6,7)8/h13-15,17H,9-12,16H2,1-8H3,(H,24,25). The van der Waals surface area contributed by atoms with Gasteiger partial charge in [-0.1, -0.05) is 74.3 Å². The molecule has 0 bridgehead atoms. The molecule has 0 radical (unpaired) electrons. The van der Waals surface area contributed by atoms with E-state index in [0.717, 1.165) is 12.1 Å². The zero-order valence-electron chi connectivity index (χ0n) is 17.8. The van der Waals surface area contributed by atoms with Gasteiger partial charge in [-0.05, 0) is 52.8 Å². The number of nitrogens with one attached hydrogen (secondary N) is 1. The Bertz CT molecular complexity index is 522. The molecule has 0 aromatic heterocycles. The van der Waals surface area contributed by atoms with Gasteiger partial charge in [-0.15, -0.1) is 0 Å². The van der Waals surface area contributed by atoms with E-state index in [1.54, 1.807) is 0 Å². The van der Waals surface area contributed by atoms with Gasteiger partial charge in [0.05, 0.1) is 0 Å². The van der Waals surface area contributed by atoms with Gasteiger partial charge in [0.25, 0.3) is 5.91 Å². The van der Waals surface area contributed by atoms with Crippen LogP contribution in [0.15, 0.2) is 18.2 Å². The van der Waals surface area contributed by atoms with Crippen molar-refractivity contribution in [2.45, 2.75) is 91.9 Å². The molecule has 0 aliphatic carbocycles. The molecule has 0 saturated heterocycles. The van der Waals surface area contributed by atoms with Gasteiger partial charge < -0.3 is 5.32 Å². The molecule has 142 valence electrons. The van der Waals surface area contributed by atoms with Crippen LogP contribution in [0.3, 0.4) is 0 Å². The Kier molecular flexibility index (Phi) is 7.71. The first-order valence-corrected chi connectivity index (χ1v) is 9.93. The van der Waals surface area contributed by atoms with E-state index in [4.69, 9.17) is 0 Å². The van der Waals surface area contributed by atoms with Crippen LogP contribution in [0.2, 0.25) is 0 Å². The molecule has 0 aliphatic rings. The molecule has 0 aliphatic heterocycles. The summed E-state index contributed by atoms with van der Waals surface area (Å²) in [5, 5.41) is 3.19. The molecule has 2 heteroatoms. The molecule has 2 nitrogen and oxygen atoms in total. The molecule has 0 atom stereocenters. The summed E-state index contributed by atoms with van der Waals surface area (Å²) in [5.74, 6) is 0.653. The first-order chi connectivity index (χ1) is 11.5. The van der Waals surface area contributed by atoms with E-state index in [9.17, 15) is 4.79 Å². The highest BCUT2D eigenvalue weighted by molar-refractivity contribution is 5.94. The Hall–Kier alpha value is -1.31. The molecular formula is C23H39NO. The Balaban J connectivity index is 3.04. The van der Waals surface area contributed by atoms with Gasteiger partial charge in [0.15, 0.2) is 0 Å². The average molecular weight is 346 g/mol. The van der Waals surface area contributed by atoms with Crippen molar-refractivity contribution >= 4 is 5.91 Å². The minimum absolute atomic E-state index is 0.0310. The normalized spacial score (nSPS) is 12.5. The van der Waals surface area contributed by atoms with Gasteiger partial charge in [-0.2, -0.15) is 0 Å². The van der Waals surface area contributed by atoms with Crippen LogP contribution in [-0.2, 0) is 10.8 Å². The van der Waals surface area contributed by atoms with Gasteiger partial charge in [-0.3, -0.25) is 4.79 Å². The lowest BCUT2D eigenvalue weighted by Crippen LogP contribution is -2.30. The third-order valence-corrected chi connectivity index (χ3v) is 4.87. The predicted octanol–water partition coefficient (Wildman–Crippen LogP) is 6.23. The van der Waals surface area contributed by atoms with E-state index in [0.29, 0.717) is 5.92 Å². The van der Waals surface area contributed by atoms with E-state index >= 15 is 0 Å². The summed E-state index contributed by atoms with van der Waals surface area (Å²) in [4.78, 5) is 12.8. The van der Waals surface area contributed by atoms with Crippen LogP contribution in [0.25, 0.3) is 0 Å². The highest BCUT2D eigenvalue weighted by atomic mass is 16.1. The second-order valence-electron chi connectivity index (χ2n) is 9.45. The Morgan fingerprint density at radius 3 is 1.68 bits per heavy atom. The third-order valence-electron chi connectivity index (χ3n) is 4.87. The molecule has 0 fully saturated rings. The van der Waals surface area contributed by atoms with Crippen LogP contribution in [0.1, 0.15) is 103 Å². The molecule has 1 N–H and O–H groups in total. The maximum absolute atomic E-state index is 12.8. The second-order valence-corrected chi connectivity index (χ2v) is 9.45. The van der Waals surface area contributed by atoms with Crippen LogP contribution in [-0.4, -0.2) is 12.5 Å². The zero-order valence-corrected chi connectivity index (χ0v) is 17.8. The summed E-state index contributed by atoms with van der Waals surface area (Å²) in [6.07, 6.45) is 4.72. The smallest absolute Gasteiger partial charge is 0.251 e. The molecule has 0 saturated carbocycles. The van der Waals surface area contributed by atoms with E-state index in [1.807, 2.05) is 0 Å². The van der Waals surface area contributed by atoms with Crippen LogP contribution >= 0.6 is 0 Å². The number of benzene rings is 1. The lowest BCUT2D eigenvalue weighted by Gasteiger charge is -2.26. The molecule has 0 unspecified atom stereocenters. The van der Waals surface area contributed by atoms with Gasteiger partial charge in [0.1, 0.15) is 0 Å². The molecule has 1 aromatic rings. The van der Waals surface area contributed by atoms with E-state index in [1.165, 1.54) is 36.8 Å². The van der Waals surface area contributed by atoms with Crippen molar-refractivity contribution in [2.24, 2.45) is 5.92 Å². The summed E-state index contributed by atoms with van der Waals surface area (Å²) < 4.78 is 0. The number of rotatable bonds is 7. The number of hydrogen-bond donors (Lipinski definition) is 1. The molecule has 1 aromatic carbocycles. The molecule has 1 rings (SSSR count). The van der Waals surface area contributed by atoms with Gasteiger partial charge in [0, 0.05) is 12.1 Å². The fourth-order valence-corrected chi connectivity index (χ4v) is 3.13. The van der Waals surface area contributed by atoms with Crippen molar-refractivity contribution in [3.05, 3.63) is 34.9 Å². The molecule has 0 heterocycles. The predicted molar refractivity (Wildman–Crippen MR) is 109 cm³/mol. The largest absolute Gasteiger partial charge is 0.352 e. The minimum atomic E-state index is 0.0310. The Morgan fingerprint density at radius 1 is 0.880 bits per heavy atom. The molecular weight excluding hydrogens is 306 g/mol.